The van der Waals surface area contributed by atoms with Gasteiger partial charge in [0.25, 0.3) is 0 Å². The molecule has 42 heavy (non-hydrogen) atoms. The summed E-state index contributed by atoms with van der Waals surface area (Å²) in [7, 11) is 0. The molecule has 0 rings (SSSR count). The third-order valence-electron chi connectivity index (χ3n) is 3.74. The molecule has 3 unspecified atom stereocenters. The SMILES string of the molecule is C.CC(C)OC(C)C.CC(C)OC(C)CC(=O)O.CC(C)OC(C)CC(=O)O.CC(C)OC(C)CO.CCOC(C)C. The Bertz CT molecular complexity index is 515. The molecule has 0 heterocycles. The number of carboxylic acid groups (broad SMARTS) is 2. The largest absolute Gasteiger partial charge is 0.481 e. The highest BCUT2D eigenvalue weighted by molar-refractivity contribution is 5.67. The first kappa shape index (κ1) is 53.3. The van der Waals surface area contributed by atoms with E-state index in [9.17, 15) is 9.59 Å². The van der Waals surface area contributed by atoms with Crippen LogP contribution in [0.25, 0.3) is 0 Å². The van der Waals surface area contributed by atoms with Gasteiger partial charge in [-0.1, -0.05) is 7.43 Å². The van der Waals surface area contributed by atoms with Gasteiger partial charge >= 0.3 is 11.9 Å². The molecule has 0 amide bonds. The molecule has 0 fully saturated rings. The Morgan fingerprint density at radius 3 is 0.857 bits per heavy atom. The Balaban J connectivity index is -0.0000000971. The van der Waals surface area contributed by atoms with Crippen LogP contribution in [0, 0.1) is 0 Å². The van der Waals surface area contributed by atoms with Gasteiger partial charge in [0.1, 0.15) is 0 Å². The minimum atomic E-state index is -0.812. The van der Waals surface area contributed by atoms with Gasteiger partial charge < -0.3 is 39.0 Å². The van der Waals surface area contributed by atoms with E-state index in [1.165, 1.54) is 0 Å². The Hall–Kier alpha value is -1.30. The van der Waals surface area contributed by atoms with E-state index in [4.69, 9.17) is 39.0 Å². The van der Waals surface area contributed by atoms with Crippen LogP contribution in [0.1, 0.15) is 131 Å². The van der Waals surface area contributed by atoms with Gasteiger partial charge in [-0.3, -0.25) is 9.59 Å². The Kier molecular flexibility index (Phi) is 45.5. The smallest absolute Gasteiger partial charge is 0.305 e. The predicted molar refractivity (Wildman–Crippen MR) is 173 cm³/mol. The number of hydrogen-bond donors (Lipinski definition) is 3. The Labute approximate surface area is 259 Å². The molecule has 0 aromatic carbocycles. The van der Waals surface area contributed by atoms with E-state index >= 15 is 0 Å². The highest BCUT2D eigenvalue weighted by Gasteiger charge is 2.09. The van der Waals surface area contributed by atoms with Gasteiger partial charge in [-0.15, -0.1) is 0 Å². The number of aliphatic hydroxyl groups excluding tert-OH is 1. The van der Waals surface area contributed by atoms with Crippen LogP contribution in [-0.2, 0) is 33.3 Å². The van der Waals surface area contributed by atoms with Crippen molar-refractivity contribution in [3.05, 3.63) is 0 Å². The fourth-order valence-corrected chi connectivity index (χ4v) is 2.90. The molecular formula is C32H72O10. The average Bonchev–Trinajstić information content (AvgIpc) is 2.71. The van der Waals surface area contributed by atoms with Crippen molar-refractivity contribution < 1.29 is 48.6 Å². The summed E-state index contributed by atoms with van der Waals surface area (Å²) in [6.45, 7) is 32.0. The molecule has 0 aliphatic rings. The molecule has 0 radical (unpaired) electrons. The van der Waals surface area contributed by atoms with Gasteiger partial charge in [-0.05, 0) is 111 Å². The summed E-state index contributed by atoms with van der Waals surface area (Å²) in [5.41, 5.74) is 0. The zero-order valence-electron chi connectivity index (χ0n) is 29.2. The van der Waals surface area contributed by atoms with E-state index in [1.807, 2.05) is 96.9 Å². The van der Waals surface area contributed by atoms with E-state index in [0.29, 0.717) is 18.3 Å². The lowest BCUT2D eigenvalue weighted by Crippen LogP contribution is -2.17. The lowest BCUT2D eigenvalue weighted by Gasteiger charge is -2.13. The summed E-state index contributed by atoms with van der Waals surface area (Å²) in [4.78, 5) is 20.2. The van der Waals surface area contributed by atoms with Gasteiger partial charge in [0.2, 0.25) is 0 Å². The van der Waals surface area contributed by atoms with Gasteiger partial charge in [-0.2, -0.15) is 0 Å². The van der Waals surface area contributed by atoms with Crippen LogP contribution >= 0.6 is 0 Å². The van der Waals surface area contributed by atoms with Crippen molar-refractivity contribution in [2.45, 2.75) is 186 Å². The number of aliphatic hydroxyl groups is 1. The van der Waals surface area contributed by atoms with Crippen molar-refractivity contribution >= 4 is 11.9 Å². The van der Waals surface area contributed by atoms with Crippen LogP contribution in [0.5, 0.6) is 0 Å². The molecule has 0 spiro atoms. The van der Waals surface area contributed by atoms with E-state index in [-0.39, 0.29) is 63.5 Å². The zero-order chi connectivity index (χ0) is 33.7. The molecule has 0 saturated carbocycles. The molecule has 0 saturated heterocycles. The third-order valence-corrected chi connectivity index (χ3v) is 3.74. The normalized spacial score (nSPS) is 12.5. The van der Waals surface area contributed by atoms with Crippen LogP contribution in [-0.4, -0.2) is 95.4 Å². The number of ether oxygens (including phenoxy) is 5. The zero-order valence-corrected chi connectivity index (χ0v) is 29.2. The summed E-state index contributed by atoms with van der Waals surface area (Å²) in [5, 5.41) is 25.1. The van der Waals surface area contributed by atoms with Gasteiger partial charge in [-0.25, -0.2) is 0 Å². The fourth-order valence-electron chi connectivity index (χ4n) is 2.90. The summed E-state index contributed by atoms with van der Waals surface area (Å²) in [5.74, 6) is -1.62. The molecule has 10 nitrogen and oxygen atoms in total. The van der Waals surface area contributed by atoms with Gasteiger partial charge in [0.15, 0.2) is 0 Å². The van der Waals surface area contributed by atoms with Crippen LogP contribution in [0.15, 0.2) is 0 Å². The molecule has 0 aromatic heterocycles. The molecule has 0 aliphatic carbocycles. The fraction of sp³-hybridized carbons (Fsp3) is 0.938. The number of carbonyl (C=O) groups is 2. The summed E-state index contributed by atoms with van der Waals surface area (Å²) < 4.78 is 25.8. The molecule has 0 aromatic rings. The maximum absolute atomic E-state index is 10.1. The van der Waals surface area contributed by atoms with Crippen molar-refractivity contribution in [2.75, 3.05) is 13.2 Å². The third kappa shape index (κ3) is 71.7. The minimum Gasteiger partial charge on any atom is -0.481 e. The quantitative estimate of drug-likeness (QED) is 0.172. The van der Waals surface area contributed by atoms with Gasteiger partial charge in [0.05, 0.1) is 74.4 Å². The lowest BCUT2D eigenvalue weighted by atomic mass is 10.3. The molecular weight excluding hydrogens is 544 g/mol. The van der Waals surface area contributed by atoms with Crippen molar-refractivity contribution in [3.8, 4) is 0 Å². The Morgan fingerprint density at radius 2 is 0.762 bits per heavy atom. The summed E-state index contributed by atoms with van der Waals surface area (Å²) in [6.07, 6.45) is 1.36. The summed E-state index contributed by atoms with van der Waals surface area (Å²) in [6, 6.07) is 0. The number of carboxylic acids is 2. The van der Waals surface area contributed by atoms with E-state index < -0.39 is 11.9 Å². The first-order valence-electron chi connectivity index (χ1n) is 14.9. The highest BCUT2D eigenvalue weighted by Crippen LogP contribution is 2.01. The standard InChI is InChI=1S/2C7H14O3.C6H14O2.C6H14O.C5H12O.CH4/c2*1-5(2)10-6(3)4-7(8)9;1-5(2)8-6(3)4-7;1-5(2)7-6(3)4;1-4-6-5(2)3;/h2*5-6H,4H2,1-3H3,(H,8,9);5-7H,4H2,1-3H3;5-6H,1-4H3;5H,4H2,1-3H3;1H4. The number of aliphatic carboxylic acids is 2. The van der Waals surface area contributed by atoms with E-state index in [0.717, 1.165) is 6.61 Å². The predicted octanol–water partition coefficient (Wildman–Crippen LogP) is 7.23. The van der Waals surface area contributed by atoms with Crippen molar-refractivity contribution in [1.29, 1.82) is 0 Å². The average molecular weight is 617 g/mol. The number of hydrogen-bond acceptors (Lipinski definition) is 8. The second kappa shape index (κ2) is 35.9. The second-order valence-corrected chi connectivity index (χ2v) is 11.1. The molecule has 0 aliphatic heterocycles. The number of rotatable bonds is 15. The van der Waals surface area contributed by atoms with Crippen LogP contribution in [0.2, 0.25) is 0 Å². The Morgan fingerprint density at radius 1 is 0.500 bits per heavy atom. The molecule has 10 heteroatoms. The molecule has 3 atom stereocenters. The molecule has 260 valence electrons. The maximum Gasteiger partial charge on any atom is 0.305 e. The maximum atomic E-state index is 10.1. The summed E-state index contributed by atoms with van der Waals surface area (Å²) >= 11 is 0. The first-order valence-corrected chi connectivity index (χ1v) is 14.9. The van der Waals surface area contributed by atoms with Crippen molar-refractivity contribution in [2.24, 2.45) is 0 Å². The van der Waals surface area contributed by atoms with Gasteiger partial charge in [0, 0.05) is 6.61 Å². The first-order chi connectivity index (χ1) is 18.6. The van der Waals surface area contributed by atoms with Crippen molar-refractivity contribution in [1.82, 2.24) is 0 Å². The van der Waals surface area contributed by atoms with Crippen LogP contribution in [0.3, 0.4) is 0 Å². The second-order valence-electron chi connectivity index (χ2n) is 11.1. The topological polar surface area (TPSA) is 141 Å². The van der Waals surface area contributed by atoms with Crippen LogP contribution < -0.4 is 0 Å². The minimum absolute atomic E-state index is 0. The molecule has 0 bridgehead atoms. The lowest BCUT2D eigenvalue weighted by molar-refractivity contribution is -0.141. The van der Waals surface area contributed by atoms with E-state index in [2.05, 4.69) is 0 Å². The van der Waals surface area contributed by atoms with Crippen LogP contribution in [0.4, 0.5) is 0 Å². The van der Waals surface area contributed by atoms with E-state index in [1.54, 1.807) is 13.8 Å². The molecule has 3 N–H and O–H groups in total. The van der Waals surface area contributed by atoms with Crippen molar-refractivity contribution in [3.63, 3.8) is 0 Å². The monoisotopic (exact) mass is 617 g/mol. The highest BCUT2D eigenvalue weighted by atomic mass is 16.5.